The third-order valence-electron chi connectivity index (χ3n) is 3.32. The van der Waals surface area contributed by atoms with Crippen LogP contribution in [0.3, 0.4) is 0 Å². The molecule has 11 heavy (non-hydrogen) atoms. The van der Waals surface area contributed by atoms with Gasteiger partial charge in [0, 0.05) is 0 Å². The maximum atomic E-state index is 9.60. The van der Waals surface area contributed by atoms with Gasteiger partial charge in [0.15, 0.2) is 0 Å². The highest BCUT2D eigenvalue weighted by Crippen LogP contribution is 2.60. The molecule has 64 valence electrons. The van der Waals surface area contributed by atoms with E-state index in [0.29, 0.717) is 5.41 Å². The van der Waals surface area contributed by atoms with Gasteiger partial charge in [-0.15, -0.1) is 0 Å². The Kier molecular flexibility index (Phi) is 1.37. The van der Waals surface area contributed by atoms with Crippen LogP contribution in [0.25, 0.3) is 0 Å². The average Bonchev–Trinajstić information content (AvgIpc) is 2.62. The van der Waals surface area contributed by atoms with Gasteiger partial charge < -0.3 is 10.8 Å². The number of hydrogen-bond donors (Lipinski definition) is 2. The number of hydrogen-bond acceptors (Lipinski definition) is 2. The summed E-state index contributed by atoms with van der Waals surface area (Å²) in [6, 6.07) is 0. The van der Waals surface area contributed by atoms with Gasteiger partial charge in [-0.25, -0.2) is 0 Å². The van der Waals surface area contributed by atoms with Gasteiger partial charge in [-0.05, 0) is 50.5 Å². The number of nitrogens with two attached hydrogens (primary N) is 1. The van der Waals surface area contributed by atoms with E-state index in [0.717, 1.165) is 25.3 Å². The Balaban J connectivity index is 2.00. The minimum atomic E-state index is -0.401. The van der Waals surface area contributed by atoms with Crippen LogP contribution in [0, 0.1) is 11.3 Å². The second-order valence-corrected chi connectivity index (χ2v) is 4.69. The molecule has 0 atom stereocenters. The van der Waals surface area contributed by atoms with Crippen molar-refractivity contribution in [1.29, 1.82) is 0 Å². The van der Waals surface area contributed by atoms with E-state index in [1.165, 1.54) is 12.8 Å². The van der Waals surface area contributed by atoms with Crippen LogP contribution in [0.4, 0.5) is 0 Å². The maximum Gasteiger partial charge on any atom is 0.0631 e. The summed E-state index contributed by atoms with van der Waals surface area (Å²) in [7, 11) is 0. The third kappa shape index (κ3) is 1.09. The van der Waals surface area contributed by atoms with Gasteiger partial charge in [0.05, 0.1) is 5.60 Å². The zero-order valence-electron chi connectivity index (χ0n) is 7.14. The topological polar surface area (TPSA) is 46.2 Å². The Morgan fingerprint density at radius 3 is 2.27 bits per heavy atom. The Morgan fingerprint density at radius 2 is 2.00 bits per heavy atom. The van der Waals surface area contributed by atoms with E-state index in [9.17, 15) is 5.11 Å². The maximum absolute atomic E-state index is 9.60. The SMILES string of the molecule is CC1(O)CC(CN)(C2CC2)C1. The van der Waals surface area contributed by atoms with E-state index in [4.69, 9.17) is 5.73 Å². The molecule has 0 aromatic rings. The Hall–Kier alpha value is -0.0800. The van der Waals surface area contributed by atoms with E-state index >= 15 is 0 Å². The van der Waals surface area contributed by atoms with Crippen LogP contribution < -0.4 is 5.73 Å². The summed E-state index contributed by atoms with van der Waals surface area (Å²) in [5.41, 5.74) is 5.66. The van der Waals surface area contributed by atoms with E-state index in [-0.39, 0.29) is 0 Å². The first-order chi connectivity index (χ1) is 5.08. The van der Waals surface area contributed by atoms with Crippen molar-refractivity contribution >= 4 is 0 Å². The molecule has 0 aliphatic heterocycles. The fraction of sp³-hybridized carbons (Fsp3) is 1.00. The monoisotopic (exact) mass is 155 g/mol. The van der Waals surface area contributed by atoms with Gasteiger partial charge in [0.1, 0.15) is 0 Å². The van der Waals surface area contributed by atoms with Crippen molar-refractivity contribution in [3.8, 4) is 0 Å². The molecule has 0 aromatic carbocycles. The molecule has 2 saturated carbocycles. The molecule has 0 aromatic heterocycles. The fourth-order valence-corrected chi connectivity index (χ4v) is 2.76. The van der Waals surface area contributed by atoms with Crippen LogP contribution in [-0.2, 0) is 0 Å². The Morgan fingerprint density at radius 1 is 1.45 bits per heavy atom. The molecule has 2 fully saturated rings. The van der Waals surface area contributed by atoms with Crippen LogP contribution in [-0.4, -0.2) is 17.3 Å². The first-order valence-corrected chi connectivity index (χ1v) is 4.50. The van der Waals surface area contributed by atoms with Crippen molar-refractivity contribution in [3.63, 3.8) is 0 Å². The summed E-state index contributed by atoms with van der Waals surface area (Å²) in [6.45, 7) is 2.69. The zero-order chi connectivity index (χ0) is 8.11. The molecule has 2 nitrogen and oxygen atoms in total. The van der Waals surface area contributed by atoms with Crippen LogP contribution in [0.15, 0.2) is 0 Å². The van der Waals surface area contributed by atoms with Crippen molar-refractivity contribution in [2.24, 2.45) is 17.1 Å². The number of aliphatic hydroxyl groups is 1. The summed E-state index contributed by atoms with van der Waals surface area (Å²) < 4.78 is 0. The molecule has 2 rings (SSSR count). The van der Waals surface area contributed by atoms with Crippen LogP contribution >= 0.6 is 0 Å². The molecular formula is C9H17NO. The molecule has 0 saturated heterocycles. The molecule has 2 aliphatic carbocycles. The quantitative estimate of drug-likeness (QED) is 0.622. The predicted molar refractivity (Wildman–Crippen MR) is 44.1 cm³/mol. The van der Waals surface area contributed by atoms with Crippen LogP contribution in [0.2, 0.25) is 0 Å². The summed E-state index contributed by atoms with van der Waals surface area (Å²) in [4.78, 5) is 0. The summed E-state index contributed by atoms with van der Waals surface area (Å²) in [6.07, 6.45) is 4.54. The predicted octanol–water partition coefficient (Wildman–Crippen LogP) is 0.886. The zero-order valence-corrected chi connectivity index (χ0v) is 7.14. The molecule has 3 N–H and O–H groups in total. The first kappa shape index (κ1) is 7.56. The van der Waals surface area contributed by atoms with E-state index in [1.807, 2.05) is 6.92 Å². The van der Waals surface area contributed by atoms with Gasteiger partial charge in [-0.1, -0.05) is 0 Å². The summed E-state index contributed by atoms with van der Waals surface area (Å²) in [5, 5.41) is 9.60. The fourth-order valence-electron chi connectivity index (χ4n) is 2.76. The van der Waals surface area contributed by atoms with Crippen molar-refractivity contribution in [2.45, 2.75) is 38.2 Å². The molecule has 0 bridgehead atoms. The second kappa shape index (κ2) is 1.99. The largest absolute Gasteiger partial charge is 0.390 e. The molecular weight excluding hydrogens is 138 g/mol. The van der Waals surface area contributed by atoms with Crippen molar-refractivity contribution < 1.29 is 5.11 Å². The average molecular weight is 155 g/mol. The van der Waals surface area contributed by atoms with Crippen molar-refractivity contribution in [3.05, 3.63) is 0 Å². The van der Waals surface area contributed by atoms with Crippen molar-refractivity contribution in [1.82, 2.24) is 0 Å². The molecule has 2 aliphatic rings. The molecule has 0 unspecified atom stereocenters. The minimum Gasteiger partial charge on any atom is -0.390 e. The van der Waals surface area contributed by atoms with E-state index in [2.05, 4.69) is 0 Å². The summed E-state index contributed by atoms with van der Waals surface area (Å²) in [5.74, 6) is 0.840. The minimum absolute atomic E-state index is 0.337. The molecule has 0 heterocycles. The smallest absolute Gasteiger partial charge is 0.0631 e. The van der Waals surface area contributed by atoms with Crippen molar-refractivity contribution in [2.75, 3.05) is 6.54 Å². The lowest BCUT2D eigenvalue weighted by atomic mass is 9.57. The molecule has 2 heteroatoms. The highest BCUT2D eigenvalue weighted by Gasteiger charge is 2.57. The van der Waals surface area contributed by atoms with Gasteiger partial charge in [-0.2, -0.15) is 0 Å². The Labute approximate surface area is 67.8 Å². The second-order valence-electron chi connectivity index (χ2n) is 4.69. The standard InChI is InChI=1S/C9H17NO/c1-8(11)4-9(5-8,6-10)7-2-3-7/h7,11H,2-6,10H2,1H3. The van der Waals surface area contributed by atoms with Gasteiger partial charge in [-0.3, -0.25) is 0 Å². The summed E-state index contributed by atoms with van der Waals surface area (Å²) >= 11 is 0. The number of rotatable bonds is 2. The van der Waals surface area contributed by atoms with Crippen LogP contribution in [0.5, 0.6) is 0 Å². The highest BCUT2D eigenvalue weighted by molar-refractivity contribution is 5.08. The highest BCUT2D eigenvalue weighted by atomic mass is 16.3. The normalized spacial score (nSPS) is 50.5. The van der Waals surface area contributed by atoms with E-state index in [1.54, 1.807) is 0 Å². The Bertz CT molecular complexity index is 164. The van der Waals surface area contributed by atoms with E-state index < -0.39 is 5.60 Å². The molecule has 0 radical (unpaired) electrons. The van der Waals surface area contributed by atoms with Gasteiger partial charge >= 0.3 is 0 Å². The van der Waals surface area contributed by atoms with Gasteiger partial charge in [0.25, 0.3) is 0 Å². The first-order valence-electron chi connectivity index (χ1n) is 4.50. The van der Waals surface area contributed by atoms with Gasteiger partial charge in [0.2, 0.25) is 0 Å². The lowest BCUT2D eigenvalue weighted by Crippen LogP contribution is -2.54. The van der Waals surface area contributed by atoms with Crippen LogP contribution in [0.1, 0.15) is 32.6 Å². The molecule has 0 amide bonds. The molecule has 0 spiro atoms. The lowest BCUT2D eigenvalue weighted by molar-refractivity contribution is -0.121. The third-order valence-corrected chi connectivity index (χ3v) is 3.32. The lowest BCUT2D eigenvalue weighted by Gasteiger charge is -2.52.